The van der Waals surface area contributed by atoms with E-state index in [4.69, 9.17) is 21.2 Å². The molecule has 2 rings (SSSR count). The number of hydrogen-bond acceptors (Lipinski definition) is 3. The van der Waals surface area contributed by atoms with Crippen LogP contribution < -0.4 is 5.32 Å². The highest BCUT2D eigenvalue weighted by Gasteiger charge is 2.06. The lowest BCUT2D eigenvalue weighted by Gasteiger charge is -1.97. The van der Waals surface area contributed by atoms with Crippen LogP contribution in [0.2, 0.25) is 5.02 Å². The third-order valence-corrected chi connectivity index (χ3v) is 2.83. The first-order valence-corrected chi connectivity index (χ1v) is 6.21. The number of carbonyl (C=O) groups is 1. The number of carboxylic acid groups (broad SMARTS) is 1. The van der Waals surface area contributed by atoms with Gasteiger partial charge in [0.15, 0.2) is 5.76 Å². The normalized spacial score (nSPS) is 10.4. The van der Waals surface area contributed by atoms with E-state index in [9.17, 15) is 4.79 Å². The predicted molar refractivity (Wildman–Crippen MR) is 71.3 cm³/mol. The number of halogens is 1. The molecular weight excluding hydrogens is 268 g/mol. The SMILES string of the molecule is O=C(O)NCCCc1cc(-c2ccc(Cl)cc2)on1. The quantitative estimate of drug-likeness (QED) is 0.825. The number of aryl methyl sites for hydroxylation is 1. The van der Waals surface area contributed by atoms with Gasteiger partial charge >= 0.3 is 6.09 Å². The van der Waals surface area contributed by atoms with E-state index >= 15 is 0 Å². The number of aromatic nitrogens is 1. The summed E-state index contributed by atoms with van der Waals surface area (Å²) in [5, 5.41) is 15.4. The van der Waals surface area contributed by atoms with Gasteiger partial charge < -0.3 is 14.9 Å². The molecule has 0 saturated carbocycles. The Balaban J connectivity index is 1.91. The summed E-state index contributed by atoms with van der Waals surface area (Å²) in [5.41, 5.74) is 1.71. The van der Waals surface area contributed by atoms with Gasteiger partial charge in [0.05, 0.1) is 5.69 Å². The van der Waals surface area contributed by atoms with Crippen molar-refractivity contribution in [1.29, 1.82) is 0 Å². The smallest absolute Gasteiger partial charge is 0.404 e. The second kappa shape index (κ2) is 6.24. The first kappa shape index (κ1) is 13.4. The second-order valence-electron chi connectivity index (χ2n) is 4.02. The van der Waals surface area contributed by atoms with E-state index < -0.39 is 6.09 Å². The van der Waals surface area contributed by atoms with E-state index in [1.165, 1.54) is 0 Å². The molecule has 1 amide bonds. The van der Waals surface area contributed by atoms with Crippen molar-refractivity contribution in [3.63, 3.8) is 0 Å². The summed E-state index contributed by atoms with van der Waals surface area (Å²) >= 11 is 5.81. The van der Waals surface area contributed by atoms with Crippen LogP contribution in [0.15, 0.2) is 34.9 Å². The first-order chi connectivity index (χ1) is 9.15. The number of hydrogen-bond donors (Lipinski definition) is 2. The van der Waals surface area contributed by atoms with Crippen molar-refractivity contribution in [1.82, 2.24) is 10.5 Å². The molecule has 0 aliphatic heterocycles. The molecule has 2 N–H and O–H groups in total. The van der Waals surface area contributed by atoms with Crippen LogP contribution in [0.25, 0.3) is 11.3 Å². The topological polar surface area (TPSA) is 75.4 Å². The maximum absolute atomic E-state index is 10.3. The van der Waals surface area contributed by atoms with E-state index in [0.717, 1.165) is 11.3 Å². The Morgan fingerprint density at radius 2 is 2.11 bits per heavy atom. The molecule has 0 fully saturated rings. The van der Waals surface area contributed by atoms with Crippen molar-refractivity contribution in [2.24, 2.45) is 0 Å². The van der Waals surface area contributed by atoms with Crippen LogP contribution in [0.5, 0.6) is 0 Å². The molecule has 0 spiro atoms. The van der Waals surface area contributed by atoms with Gasteiger partial charge in [-0.25, -0.2) is 4.79 Å². The zero-order chi connectivity index (χ0) is 13.7. The summed E-state index contributed by atoms with van der Waals surface area (Å²) in [6.07, 6.45) is 0.331. The van der Waals surface area contributed by atoms with E-state index in [-0.39, 0.29) is 0 Å². The fourth-order valence-electron chi connectivity index (χ4n) is 1.64. The number of nitrogens with one attached hydrogen (secondary N) is 1. The van der Waals surface area contributed by atoms with Crippen molar-refractivity contribution in [2.75, 3.05) is 6.54 Å². The highest BCUT2D eigenvalue weighted by Crippen LogP contribution is 2.22. The van der Waals surface area contributed by atoms with Crippen LogP contribution >= 0.6 is 11.6 Å². The first-order valence-electron chi connectivity index (χ1n) is 5.83. The predicted octanol–water partition coefficient (Wildman–Crippen LogP) is 3.20. The second-order valence-corrected chi connectivity index (χ2v) is 4.46. The average Bonchev–Trinajstić information content (AvgIpc) is 2.84. The zero-order valence-electron chi connectivity index (χ0n) is 10.1. The highest BCUT2D eigenvalue weighted by molar-refractivity contribution is 6.30. The van der Waals surface area contributed by atoms with E-state index in [2.05, 4.69) is 10.5 Å². The summed E-state index contributed by atoms with van der Waals surface area (Å²) < 4.78 is 5.24. The summed E-state index contributed by atoms with van der Waals surface area (Å²) in [6, 6.07) is 9.15. The van der Waals surface area contributed by atoms with Crippen molar-refractivity contribution in [2.45, 2.75) is 12.8 Å². The van der Waals surface area contributed by atoms with Crippen LogP contribution in [-0.4, -0.2) is 22.9 Å². The highest BCUT2D eigenvalue weighted by atomic mass is 35.5. The van der Waals surface area contributed by atoms with Gasteiger partial charge in [-0.3, -0.25) is 0 Å². The molecule has 0 aliphatic rings. The standard InChI is InChI=1S/C13H13ClN2O3/c14-10-5-3-9(4-6-10)12-8-11(16-19-12)2-1-7-15-13(17)18/h3-6,8,15H,1-2,7H2,(H,17,18). The molecule has 1 heterocycles. The molecule has 19 heavy (non-hydrogen) atoms. The Bertz CT molecular complexity index is 551. The van der Waals surface area contributed by atoms with Gasteiger partial charge in [-0.05, 0) is 37.1 Å². The van der Waals surface area contributed by atoms with Gasteiger partial charge in [0.25, 0.3) is 0 Å². The summed E-state index contributed by atoms with van der Waals surface area (Å²) in [4.78, 5) is 10.3. The Hall–Kier alpha value is -2.01. The molecule has 0 bridgehead atoms. The van der Waals surface area contributed by atoms with Crippen LogP contribution in [-0.2, 0) is 6.42 Å². The Labute approximate surface area is 115 Å². The average molecular weight is 281 g/mol. The fraction of sp³-hybridized carbons (Fsp3) is 0.231. The molecule has 6 heteroatoms. The largest absolute Gasteiger partial charge is 0.465 e. The molecule has 0 unspecified atom stereocenters. The zero-order valence-corrected chi connectivity index (χ0v) is 10.9. The minimum atomic E-state index is -1.01. The number of benzene rings is 1. The summed E-state index contributed by atoms with van der Waals surface area (Å²) in [6.45, 7) is 0.401. The van der Waals surface area contributed by atoms with E-state index in [0.29, 0.717) is 30.2 Å². The lowest BCUT2D eigenvalue weighted by atomic mass is 10.1. The molecule has 5 nitrogen and oxygen atoms in total. The third kappa shape index (κ3) is 3.99. The van der Waals surface area contributed by atoms with Gasteiger partial charge in [0.2, 0.25) is 0 Å². The number of nitrogens with zero attached hydrogens (tertiary/aromatic N) is 1. The number of amides is 1. The maximum atomic E-state index is 10.3. The lowest BCUT2D eigenvalue weighted by molar-refractivity contribution is 0.194. The summed E-state index contributed by atoms with van der Waals surface area (Å²) in [7, 11) is 0. The van der Waals surface area contributed by atoms with Crippen molar-refractivity contribution in [3.05, 3.63) is 41.0 Å². The van der Waals surface area contributed by atoms with Gasteiger partial charge in [-0.15, -0.1) is 0 Å². The van der Waals surface area contributed by atoms with Crippen LogP contribution in [0, 0.1) is 0 Å². The Morgan fingerprint density at radius 1 is 1.37 bits per heavy atom. The van der Waals surface area contributed by atoms with Gasteiger partial charge in [0.1, 0.15) is 0 Å². The molecule has 100 valence electrons. The molecule has 0 atom stereocenters. The van der Waals surface area contributed by atoms with Crippen molar-refractivity contribution in [3.8, 4) is 11.3 Å². The molecule has 0 radical (unpaired) electrons. The molecule has 2 aromatic rings. The molecule has 0 saturated heterocycles. The van der Waals surface area contributed by atoms with Crippen LogP contribution in [0.1, 0.15) is 12.1 Å². The minimum Gasteiger partial charge on any atom is -0.465 e. The van der Waals surface area contributed by atoms with Crippen LogP contribution in [0.4, 0.5) is 4.79 Å². The Kier molecular flexibility index (Phi) is 4.41. The Morgan fingerprint density at radius 3 is 2.79 bits per heavy atom. The third-order valence-electron chi connectivity index (χ3n) is 2.57. The maximum Gasteiger partial charge on any atom is 0.404 e. The van der Waals surface area contributed by atoms with E-state index in [1.54, 1.807) is 12.1 Å². The summed E-state index contributed by atoms with van der Waals surface area (Å²) in [5.74, 6) is 0.679. The van der Waals surface area contributed by atoms with Gasteiger partial charge in [-0.2, -0.15) is 0 Å². The van der Waals surface area contributed by atoms with Gasteiger partial charge in [-0.1, -0.05) is 16.8 Å². The lowest BCUT2D eigenvalue weighted by Crippen LogP contribution is -2.22. The minimum absolute atomic E-state index is 0.401. The van der Waals surface area contributed by atoms with Crippen molar-refractivity contribution < 1.29 is 14.4 Å². The van der Waals surface area contributed by atoms with Crippen LogP contribution in [0.3, 0.4) is 0 Å². The van der Waals surface area contributed by atoms with Gasteiger partial charge in [0, 0.05) is 23.2 Å². The molecule has 1 aromatic heterocycles. The molecule has 0 aliphatic carbocycles. The fourth-order valence-corrected chi connectivity index (χ4v) is 1.77. The molecular formula is C13H13ClN2O3. The molecule has 1 aromatic carbocycles. The van der Waals surface area contributed by atoms with Crippen molar-refractivity contribution >= 4 is 17.7 Å². The monoisotopic (exact) mass is 280 g/mol. The van der Waals surface area contributed by atoms with E-state index in [1.807, 2.05) is 18.2 Å². The number of rotatable bonds is 5.